The van der Waals surface area contributed by atoms with Gasteiger partial charge in [0.25, 0.3) is 0 Å². The molecule has 5 rings (SSSR count). The molecule has 1 aromatic rings. The second-order valence-corrected chi connectivity index (χ2v) is 7.35. The number of rotatable bonds is 3. The maximum absolute atomic E-state index is 4.13. The highest BCUT2D eigenvalue weighted by molar-refractivity contribution is 5.12. The van der Waals surface area contributed by atoms with E-state index in [1.165, 1.54) is 44.1 Å². The summed E-state index contributed by atoms with van der Waals surface area (Å²) in [6.07, 6.45) is 12.8. The van der Waals surface area contributed by atoms with Crippen LogP contribution < -0.4 is 0 Å². The summed E-state index contributed by atoms with van der Waals surface area (Å²) < 4.78 is 0. The molecular weight excluding hydrogens is 232 g/mol. The molecule has 2 heteroatoms. The Bertz CT molecular complexity index is 418. The third-order valence-electron chi connectivity index (χ3n) is 5.98. The van der Waals surface area contributed by atoms with E-state index in [1.54, 1.807) is 0 Å². The molecule has 0 saturated heterocycles. The number of pyridine rings is 1. The number of hydrogen-bond acceptors (Lipinski definition) is 2. The van der Waals surface area contributed by atoms with E-state index >= 15 is 0 Å². The molecule has 4 aliphatic carbocycles. The summed E-state index contributed by atoms with van der Waals surface area (Å²) in [4.78, 5) is 6.80. The van der Waals surface area contributed by atoms with Gasteiger partial charge in [-0.15, -0.1) is 0 Å². The predicted octanol–water partition coefficient (Wildman–Crippen LogP) is 3.48. The maximum Gasteiger partial charge on any atom is 0.0271 e. The van der Waals surface area contributed by atoms with Gasteiger partial charge in [-0.1, -0.05) is 0 Å². The smallest absolute Gasteiger partial charge is 0.0271 e. The number of aromatic nitrogens is 1. The number of hydrogen-bond donors (Lipinski definition) is 0. The molecule has 0 aliphatic heterocycles. The summed E-state index contributed by atoms with van der Waals surface area (Å²) >= 11 is 0. The average molecular weight is 256 g/mol. The van der Waals surface area contributed by atoms with Crippen molar-refractivity contribution in [1.29, 1.82) is 0 Å². The van der Waals surface area contributed by atoms with Gasteiger partial charge in [0.05, 0.1) is 0 Å². The molecule has 0 spiro atoms. The minimum atomic E-state index is 0.526. The van der Waals surface area contributed by atoms with E-state index in [1.807, 2.05) is 12.4 Å². The highest BCUT2D eigenvalue weighted by atomic mass is 15.2. The molecule has 2 nitrogen and oxygen atoms in total. The Labute approximate surface area is 116 Å². The van der Waals surface area contributed by atoms with Gasteiger partial charge in [0.1, 0.15) is 0 Å². The highest BCUT2D eigenvalue weighted by Gasteiger charge is 2.52. The lowest BCUT2D eigenvalue weighted by atomic mass is 9.52. The minimum Gasteiger partial charge on any atom is -0.296 e. The van der Waals surface area contributed by atoms with Crippen LogP contribution in [0.25, 0.3) is 0 Å². The van der Waals surface area contributed by atoms with Gasteiger partial charge >= 0.3 is 0 Å². The number of nitrogens with zero attached hydrogens (tertiary/aromatic N) is 2. The Kier molecular flexibility index (Phi) is 2.70. The van der Waals surface area contributed by atoms with Crippen LogP contribution in [0.15, 0.2) is 24.5 Å². The molecule has 19 heavy (non-hydrogen) atoms. The van der Waals surface area contributed by atoms with E-state index in [0.717, 1.165) is 24.3 Å². The van der Waals surface area contributed by atoms with Crippen molar-refractivity contribution in [2.45, 2.75) is 50.6 Å². The minimum absolute atomic E-state index is 0.526. The molecule has 4 bridgehead atoms. The summed E-state index contributed by atoms with van der Waals surface area (Å²) in [6, 6.07) is 4.33. The van der Waals surface area contributed by atoms with Crippen molar-refractivity contribution < 1.29 is 0 Å². The predicted molar refractivity (Wildman–Crippen MR) is 76.6 cm³/mol. The van der Waals surface area contributed by atoms with E-state index < -0.39 is 0 Å². The molecule has 0 N–H and O–H groups in total. The van der Waals surface area contributed by atoms with Crippen LogP contribution in [0.2, 0.25) is 0 Å². The van der Waals surface area contributed by atoms with Gasteiger partial charge in [-0.25, -0.2) is 0 Å². The van der Waals surface area contributed by atoms with Gasteiger partial charge in [0, 0.05) is 24.5 Å². The fourth-order valence-corrected chi connectivity index (χ4v) is 5.46. The molecule has 4 fully saturated rings. The lowest BCUT2D eigenvalue weighted by Crippen LogP contribution is -2.58. The lowest BCUT2D eigenvalue weighted by Gasteiger charge is -2.60. The van der Waals surface area contributed by atoms with Crippen molar-refractivity contribution in [1.82, 2.24) is 9.88 Å². The van der Waals surface area contributed by atoms with E-state index in [9.17, 15) is 0 Å². The standard InChI is InChI=1S/C17H24N2/c1-19(12-13-2-4-18-5-3-13)17-9-14-6-15(10-17)8-16(7-14)11-17/h2-5,14-16H,6-12H2,1H3. The van der Waals surface area contributed by atoms with Crippen LogP contribution in [0.4, 0.5) is 0 Å². The van der Waals surface area contributed by atoms with Crippen LogP contribution in [0.5, 0.6) is 0 Å². The zero-order valence-corrected chi connectivity index (χ0v) is 11.9. The van der Waals surface area contributed by atoms with Gasteiger partial charge in [0.2, 0.25) is 0 Å². The normalized spacial score (nSPS) is 40.0. The van der Waals surface area contributed by atoms with Crippen molar-refractivity contribution in [2.75, 3.05) is 7.05 Å². The molecule has 1 aromatic heterocycles. The van der Waals surface area contributed by atoms with Crippen molar-refractivity contribution >= 4 is 0 Å². The first-order valence-electron chi connectivity index (χ1n) is 7.84. The van der Waals surface area contributed by atoms with E-state index in [4.69, 9.17) is 0 Å². The summed E-state index contributed by atoms with van der Waals surface area (Å²) in [5.74, 6) is 3.10. The Hall–Kier alpha value is -0.890. The highest BCUT2D eigenvalue weighted by Crippen LogP contribution is 2.57. The van der Waals surface area contributed by atoms with Gasteiger partial charge in [0.15, 0.2) is 0 Å². The van der Waals surface area contributed by atoms with Crippen LogP contribution in [-0.2, 0) is 6.54 Å². The lowest BCUT2D eigenvalue weighted by molar-refractivity contribution is -0.0822. The first-order chi connectivity index (χ1) is 9.23. The Morgan fingerprint density at radius 1 is 1.05 bits per heavy atom. The quantitative estimate of drug-likeness (QED) is 0.823. The molecule has 102 valence electrons. The van der Waals surface area contributed by atoms with Crippen molar-refractivity contribution in [3.05, 3.63) is 30.1 Å². The Morgan fingerprint density at radius 2 is 1.58 bits per heavy atom. The third-order valence-corrected chi connectivity index (χ3v) is 5.98. The average Bonchev–Trinajstić information content (AvgIpc) is 2.38. The van der Waals surface area contributed by atoms with Crippen LogP contribution >= 0.6 is 0 Å². The van der Waals surface area contributed by atoms with Gasteiger partial charge in [-0.3, -0.25) is 9.88 Å². The fraction of sp³-hybridized carbons (Fsp3) is 0.706. The van der Waals surface area contributed by atoms with Gasteiger partial charge in [-0.2, -0.15) is 0 Å². The summed E-state index contributed by atoms with van der Waals surface area (Å²) in [5, 5.41) is 0. The SMILES string of the molecule is CN(Cc1ccncc1)C12CC3CC(CC(C3)C1)C2. The molecule has 0 radical (unpaired) electrons. The van der Waals surface area contributed by atoms with Crippen LogP contribution in [-0.4, -0.2) is 22.5 Å². The fourth-order valence-electron chi connectivity index (χ4n) is 5.46. The molecule has 0 atom stereocenters. The molecule has 0 amide bonds. The molecular formula is C17H24N2. The monoisotopic (exact) mass is 256 g/mol. The Morgan fingerprint density at radius 3 is 2.11 bits per heavy atom. The first kappa shape index (κ1) is 11.9. The molecule has 4 aliphatic rings. The van der Waals surface area contributed by atoms with Gasteiger partial charge in [-0.05, 0) is 81.0 Å². The molecule has 4 saturated carbocycles. The largest absolute Gasteiger partial charge is 0.296 e. The zero-order chi connectivity index (χ0) is 12.9. The first-order valence-corrected chi connectivity index (χ1v) is 7.84. The van der Waals surface area contributed by atoms with Crippen molar-refractivity contribution in [3.63, 3.8) is 0 Å². The van der Waals surface area contributed by atoms with Crippen molar-refractivity contribution in [3.8, 4) is 0 Å². The summed E-state index contributed by atoms with van der Waals surface area (Å²) in [7, 11) is 2.35. The van der Waals surface area contributed by atoms with E-state index in [-0.39, 0.29) is 0 Å². The van der Waals surface area contributed by atoms with Crippen LogP contribution in [0.3, 0.4) is 0 Å². The zero-order valence-electron chi connectivity index (χ0n) is 11.9. The van der Waals surface area contributed by atoms with E-state index in [0.29, 0.717) is 5.54 Å². The summed E-state index contributed by atoms with van der Waals surface area (Å²) in [6.45, 7) is 1.09. The molecule has 1 heterocycles. The van der Waals surface area contributed by atoms with Crippen molar-refractivity contribution in [2.24, 2.45) is 17.8 Å². The third kappa shape index (κ3) is 2.01. The summed E-state index contributed by atoms with van der Waals surface area (Å²) in [5.41, 5.74) is 1.94. The molecule has 0 unspecified atom stereocenters. The Balaban J connectivity index is 1.55. The second-order valence-electron chi connectivity index (χ2n) is 7.35. The molecule has 0 aromatic carbocycles. The van der Waals surface area contributed by atoms with E-state index in [2.05, 4.69) is 29.1 Å². The van der Waals surface area contributed by atoms with Crippen LogP contribution in [0.1, 0.15) is 44.1 Å². The maximum atomic E-state index is 4.13. The topological polar surface area (TPSA) is 16.1 Å². The van der Waals surface area contributed by atoms with Crippen LogP contribution in [0, 0.1) is 17.8 Å². The second kappa shape index (κ2) is 4.31. The van der Waals surface area contributed by atoms with Gasteiger partial charge < -0.3 is 0 Å².